The standard InChI is InChI=1S/Ca.Fe.Mn.H3O4P.2H/c;;;1-5(2,3)4;;/h;;;(H3,1,2,3,4);;/q+2;;;;2*-1. The van der Waals surface area contributed by atoms with Crippen molar-refractivity contribution in [2.45, 2.75) is 0 Å². The molecule has 0 heterocycles. The molecule has 8 heavy (non-hydrogen) atoms. The van der Waals surface area contributed by atoms with Crippen LogP contribution in [0.25, 0.3) is 0 Å². The van der Waals surface area contributed by atoms with Gasteiger partial charge in [0, 0.05) is 34.1 Å². The summed E-state index contributed by atoms with van der Waals surface area (Å²) in [6.45, 7) is 0. The Labute approximate surface area is 101 Å². The van der Waals surface area contributed by atoms with Gasteiger partial charge in [0.2, 0.25) is 0 Å². The SMILES string of the molecule is O=P(O)(O)O.[Ca+2].[Fe].[H-].[H-].[Mn]. The minimum atomic E-state index is -4.64. The summed E-state index contributed by atoms with van der Waals surface area (Å²) >= 11 is 0. The van der Waals surface area contributed by atoms with Crippen molar-refractivity contribution in [2.24, 2.45) is 0 Å². The summed E-state index contributed by atoms with van der Waals surface area (Å²) in [4.78, 5) is 21.6. The van der Waals surface area contributed by atoms with Gasteiger partial charge in [-0.3, -0.25) is 0 Å². The molecule has 0 saturated carbocycles. The van der Waals surface area contributed by atoms with Crippen LogP contribution in [0.5, 0.6) is 0 Å². The van der Waals surface area contributed by atoms with Gasteiger partial charge in [-0.05, 0) is 0 Å². The monoisotopic (exact) mass is 251 g/mol. The Kier molecular flexibility index (Phi) is 26.4. The van der Waals surface area contributed by atoms with Gasteiger partial charge in [-0.1, -0.05) is 0 Å². The van der Waals surface area contributed by atoms with Gasteiger partial charge in [-0.25, -0.2) is 4.57 Å². The second kappa shape index (κ2) is 9.41. The Morgan fingerprint density at radius 3 is 1.25 bits per heavy atom. The molecule has 0 saturated heterocycles. The van der Waals surface area contributed by atoms with Crippen molar-refractivity contribution in [3.63, 3.8) is 0 Å². The maximum Gasteiger partial charge on any atom is 2.00 e. The molecular formula is H5CaFeMnO4P. The molecule has 0 amide bonds. The Morgan fingerprint density at radius 1 is 1.25 bits per heavy atom. The molecule has 0 aromatic heterocycles. The third kappa shape index (κ3) is 79.6. The molecule has 0 spiro atoms. The van der Waals surface area contributed by atoms with Gasteiger partial charge >= 0.3 is 45.6 Å². The minimum Gasteiger partial charge on any atom is -1.00 e. The fraction of sp³-hybridized carbons (Fsp3) is 0. The molecule has 0 unspecified atom stereocenters. The summed E-state index contributed by atoms with van der Waals surface area (Å²) < 4.78 is 8.88. The van der Waals surface area contributed by atoms with Crippen LogP contribution in [0.1, 0.15) is 2.85 Å². The zero-order chi connectivity index (χ0) is 4.50. The molecule has 0 aliphatic carbocycles. The average Bonchev–Trinajstić information content (AvgIpc) is 0.722. The van der Waals surface area contributed by atoms with Crippen LogP contribution < -0.4 is 0 Å². The van der Waals surface area contributed by atoms with E-state index < -0.39 is 7.82 Å². The third-order valence-corrected chi connectivity index (χ3v) is 0. The first kappa shape index (κ1) is 22.4. The molecule has 1 radical (unpaired) electrons. The summed E-state index contributed by atoms with van der Waals surface area (Å²) in [5.74, 6) is 0. The Balaban J connectivity index is -0.00000000800. The summed E-state index contributed by atoms with van der Waals surface area (Å²) in [6, 6.07) is 0. The largest absolute Gasteiger partial charge is 2.00 e. The van der Waals surface area contributed by atoms with E-state index >= 15 is 0 Å². The first-order valence-electron chi connectivity index (χ1n) is 0.783. The van der Waals surface area contributed by atoms with Gasteiger partial charge in [0.1, 0.15) is 0 Å². The predicted molar refractivity (Wildman–Crippen MR) is 22.2 cm³/mol. The van der Waals surface area contributed by atoms with Crippen molar-refractivity contribution in [3.8, 4) is 0 Å². The van der Waals surface area contributed by atoms with Crippen LogP contribution >= 0.6 is 7.82 Å². The van der Waals surface area contributed by atoms with E-state index in [1.807, 2.05) is 0 Å². The fourth-order valence-corrected chi connectivity index (χ4v) is 0. The van der Waals surface area contributed by atoms with Gasteiger partial charge < -0.3 is 17.5 Å². The number of rotatable bonds is 0. The molecule has 0 rings (SSSR count). The van der Waals surface area contributed by atoms with Crippen LogP contribution in [0.3, 0.4) is 0 Å². The van der Waals surface area contributed by atoms with E-state index in [4.69, 9.17) is 19.2 Å². The Bertz CT molecular complexity index is 69.4. The van der Waals surface area contributed by atoms with E-state index in [1.54, 1.807) is 0 Å². The van der Waals surface area contributed by atoms with Gasteiger partial charge in [-0.15, -0.1) is 0 Å². The smallest absolute Gasteiger partial charge is 1.00 e. The van der Waals surface area contributed by atoms with Crippen LogP contribution in [0, 0.1) is 0 Å². The quantitative estimate of drug-likeness (QED) is 0.377. The van der Waals surface area contributed by atoms with E-state index in [0.29, 0.717) is 0 Å². The van der Waals surface area contributed by atoms with Gasteiger partial charge in [-0.2, -0.15) is 0 Å². The molecule has 0 aromatic rings. The first-order valence-corrected chi connectivity index (χ1v) is 2.35. The van der Waals surface area contributed by atoms with Gasteiger partial charge in [0.25, 0.3) is 0 Å². The van der Waals surface area contributed by atoms with E-state index in [0.717, 1.165) is 0 Å². The predicted octanol–water partition coefficient (Wildman–Crippen LogP) is -1.09. The summed E-state index contributed by atoms with van der Waals surface area (Å²) in [7, 11) is -4.64. The first-order chi connectivity index (χ1) is 2.00. The Hall–Kier alpha value is 2.41. The molecule has 4 nitrogen and oxygen atoms in total. The number of hydrogen-bond acceptors (Lipinski definition) is 1. The van der Waals surface area contributed by atoms with Crippen molar-refractivity contribution in [2.75, 3.05) is 0 Å². The molecule has 0 atom stereocenters. The molecule has 0 aromatic carbocycles. The van der Waals surface area contributed by atoms with Crippen molar-refractivity contribution < 1.29 is 56.2 Å². The van der Waals surface area contributed by atoms with Crippen LogP contribution in [0.4, 0.5) is 0 Å². The zero-order valence-electron chi connectivity index (χ0n) is 5.64. The van der Waals surface area contributed by atoms with Crippen LogP contribution in [0.15, 0.2) is 0 Å². The maximum atomic E-state index is 8.88. The number of hydrogen-bond donors (Lipinski definition) is 3. The minimum absolute atomic E-state index is 0. The van der Waals surface area contributed by atoms with E-state index in [-0.39, 0.29) is 74.7 Å². The van der Waals surface area contributed by atoms with Crippen molar-refractivity contribution >= 4 is 45.6 Å². The number of phosphoric acid groups is 1. The molecule has 0 bridgehead atoms. The summed E-state index contributed by atoms with van der Waals surface area (Å²) in [6.07, 6.45) is 0. The van der Waals surface area contributed by atoms with Gasteiger partial charge in [0.05, 0.1) is 0 Å². The maximum absolute atomic E-state index is 8.88. The summed E-state index contributed by atoms with van der Waals surface area (Å²) in [5.41, 5.74) is 0. The van der Waals surface area contributed by atoms with Gasteiger partial charge in [0.15, 0.2) is 0 Å². The molecule has 0 fully saturated rings. The van der Waals surface area contributed by atoms with E-state index in [2.05, 4.69) is 0 Å². The van der Waals surface area contributed by atoms with E-state index in [9.17, 15) is 0 Å². The second-order valence-corrected chi connectivity index (χ2v) is 1.54. The van der Waals surface area contributed by atoms with Crippen LogP contribution in [-0.4, -0.2) is 52.4 Å². The molecule has 0 aliphatic heterocycles. The van der Waals surface area contributed by atoms with E-state index in [1.165, 1.54) is 0 Å². The zero-order valence-corrected chi connectivity index (χ0v) is 9.02. The molecular weight excluding hydrogens is 246 g/mol. The van der Waals surface area contributed by atoms with Crippen LogP contribution in [0.2, 0.25) is 0 Å². The Morgan fingerprint density at radius 2 is 1.25 bits per heavy atom. The summed E-state index contributed by atoms with van der Waals surface area (Å²) in [5, 5.41) is 0. The molecule has 51 valence electrons. The molecule has 3 N–H and O–H groups in total. The van der Waals surface area contributed by atoms with Crippen molar-refractivity contribution in [1.29, 1.82) is 0 Å². The molecule has 8 heteroatoms. The second-order valence-electron chi connectivity index (χ2n) is 0.513. The third-order valence-electron chi connectivity index (χ3n) is 0. The fourth-order valence-electron chi connectivity index (χ4n) is 0. The molecule has 0 aliphatic rings. The van der Waals surface area contributed by atoms with Crippen LogP contribution in [-0.2, 0) is 38.7 Å². The average molecular weight is 251 g/mol. The topological polar surface area (TPSA) is 77.8 Å². The van der Waals surface area contributed by atoms with Crippen molar-refractivity contribution in [3.05, 3.63) is 0 Å². The van der Waals surface area contributed by atoms with Crippen molar-refractivity contribution in [1.82, 2.24) is 0 Å². The normalized spacial score (nSPS) is 7.38.